The summed E-state index contributed by atoms with van der Waals surface area (Å²) in [5.74, 6) is -4.33. The van der Waals surface area contributed by atoms with Gasteiger partial charge in [-0.1, -0.05) is 23.7 Å². The molecule has 0 aromatic heterocycles. The monoisotopic (exact) mass is 337 g/mol. The molecule has 0 aliphatic rings. The molecule has 1 aromatic carbocycles. The van der Waals surface area contributed by atoms with Crippen LogP contribution in [0.15, 0.2) is 18.2 Å². The van der Waals surface area contributed by atoms with Crippen LogP contribution in [-0.2, 0) is 25.2 Å². The van der Waals surface area contributed by atoms with Gasteiger partial charge in [0.05, 0.1) is 16.5 Å². The fourth-order valence-electron chi connectivity index (χ4n) is 1.63. The topological polar surface area (TPSA) is 101 Å². The van der Waals surface area contributed by atoms with E-state index >= 15 is 0 Å². The molecule has 0 bridgehead atoms. The van der Waals surface area contributed by atoms with Gasteiger partial charge in [-0.3, -0.25) is 4.79 Å². The number of aliphatic carboxylic acids is 1. The molecule has 0 unspecified atom stereocenters. The van der Waals surface area contributed by atoms with Gasteiger partial charge in [0.1, 0.15) is 11.9 Å². The van der Waals surface area contributed by atoms with E-state index in [1.165, 1.54) is 12.1 Å². The Bertz CT molecular complexity index is 662. The molecule has 0 radical (unpaired) electrons. The maximum Gasteiger partial charge on any atom is 0.327 e. The van der Waals surface area contributed by atoms with Crippen molar-refractivity contribution in [2.75, 3.05) is 5.75 Å². The molecule has 1 atom stereocenters. The minimum absolute atomic E-state index is 0.0311. The zero-order valence-corrected chi connectivity index (χ0v) is 12.5. The smallest absolute Gasteiger partial charge is 0.327 e. The predicted octanol–water partition coefficient (Wildman–Crippen LogP) is 0.983. The molecule has 6 nitrogen and oxygen atoms in total. The summed E-state index contributed by atoms with van der Waals surface area (Å²) in [6, 6.07) is 2.14. The van der Waals surface area contributed by atoms with Crippen molar-refractivity contribution in [3.05, 3.63) is 34.6 Å². The molecule has 1 amide bonds. The summed E-state index contributed by atoms with van der Waals surface area (Å²) in [7, 11) is -3.91. The van der Waals surface area contributed by atoms with E-state index in [2.05, 4.69) is 0 Å². The summed E-state index contributed by atoms with van der Waals surface area (Å²) in [5.41, 5.74) is 0.0311. The van der Waals surface area contributed by atoms with E-state index in [9.17, 15) is 22.4 Å². The Hall–Kier alpha value is -1.67. The quantitative estimate of drug-likeness (QED) is 0.806. The second-order valence-corrected chi connectivity index (χ2v) is 6.85. The van der Waals surface area contributed by atoms with Crippen molar-refractivity contribution in [3.8, 4) is 0 Å². The maximum absolute atomic E-state index is 13.2. The highest BCUT2D eigenvalue weighted by Gasteiger charge is 2.27. The van der Waals surface area contributed by atoms with Crippen LogP contribution >= 0.6 is 11.6 Å². The Kier molecular flexibility index (Phi) is 5.68. The largest absolute Gasteiger partial charge is 0.480 e. The molecule has 1 aromatic rings. The van der Waals surface area contributed by atoms with Crippen LogP contribution in [0.3, 0.4) is 0 Å². The van der Waals surface area contributed by atoms with Crippen LogP contribution in [0.4, 0.5) is 4.39 Å². The number of rotatable bonds is 6. The van der Waals surface area contributed by atoms with E-state index in [0.29, 0.717) is 0 Å². The minimum Gasteiger partial charge on any atom is -0.480 e. The molecule has 21 heavy (non-hydrogen) atoms. The summed E-state index contributed by atoms with van der Waals surface area (Å²) >= 11 is 5.66. The second-order valence-electron chi connectivity index (χ2n) is 4.36. The van der Waals surface area contributed by atoms with Crippen LogP contribution in [0, 0.1) is 5.82 Å². The van der Waals surface area contributed by atoms with Crippen molar-refractivity contribution in [2.24, 2.45) is 0 Å². The summed E-state index contributed by atoms with van der Waals surface area (Å²) < 4.78 is 37.2. The van der Waals surface area contributed by atoms with E-state index in [-0.39, 0.29) is 10.6 Å². The van der Waals surface area contributed by atoms with Crippen LogP contribution < -0.4 is 5.32 Å². The van der Waals surface area contributed by atoms with Crippen LogP contribution in [-0.4, -0.2) is 37.2 Å². The maximum atomic E-state index is 13.2. The molecule has 0 fully saturated rings. The normalized spacial score (nSPS) is 12.7. The zero-order chi connectivity index (χ0) is 16.2. The highest BCUT2D eigenvalue weighted by atomic mass is 35.5. The van der Waals surface area contributed by atoms with Gasteiger partial charge in [-0.15, -0.1) is 0 Å². The van der Waals surface area contributed by atoms with Gasteiger partial charge in [0.2, 0.25) is 5.91 Å². The van der Waals surface area contributed by atoms with E-state index in [1.807, 2.05) is 5.32 Å². The highest BCUT2D eigenvalue weighted by Crippen LogP contribution is 2.22. The average Bonchev–Trinajstić information content (AvgIpc) is 2.33. The van der Waals surface area contributed by atoms with Crippen molar-refractivity contribution in [3.63, 3.8) is 0 Å². The predicted molar refractivity (Wildman–Crippen MR) is 74.1 cm³/mol. The van der Waals surface area contributed by atoms with Gasteiger partial charge < -0.3 is 10.4 Å². The molecule has 1 rings (SSSR count). The van der Waals surface area contributed by atoms with Crippen molar-refractivity contribution in [2.45, 2.75) is 18.7 Å². The first-order chi connectivity index (χ1) is 9.62. The molecule has 0 saturated carbocycles. The van der Waals surface area contributed by atoms with Crippen molar-refractivity contribution in [1.29, 1.82) is 0 Å². The second kappa shape index (κ2) is 6.86. The Labute approximate surface area is 125 Å². The molecular weight excluding hydrogens is 325 g/mol. The van der Waals surface area contributed by atoms with Crippen LogP contribution in [0.25, 0.3) is 0 Å². The van der Waals surface area contributed by atoms with Gasteiger partial charge in [0.25, 0.3) is 0 Å². The minimum atomic E-state index is -3.91. The highest BCUT2D eigenvalue weighted by molar-refractivity contribution is 7.90. The van der Waals surface area contributed by atoms with E-state index in [0.717, 1.165) is 13.0 Å². The molecule has 0 aliphatic carbocycles. The van der Waals surface area contributed by atoms with Crippen molar-refractivity contribution >= 4 is 33.3 Å². The van der Waals surface area contributed by atoms with Gasteiger partial charge in [0.15, 0.2) is 9.84 Å². The summed E-state index contributed by atoms with van der Waals surface area (Å²) in [6.07, 6.45) is 0. The lowest BCUT2D eigenvalue weighted by Crippen LogP contribution is -2.44. The first-order valence-electron chi connectivity index (χ1n) is 5.75. The molecule has 0 saturated heterocycles. The SMILES string of the molecule is CC(=O)N[C@@H](CS(=O)(=O)Cc1cccc(F)c1Cl)C(=O)O. The molecule has 2 N–H and O–H groups in total. The fourth-order valence-corrected chi connectivity index (χ4v) is 3.47. The van der Waals surface area contributed by atoms with Crippen LogP contribution in [0.2, 0.25) is 5.02 Å². The fraction of sp³-hybridized carbons (Fsp3) is 0.333. The van der Waals surface area contributed by atoms with E-state index in [4.69, 9.17) is 16.7 Å². The van der Waals surface area contributed by atoms with E-state index in [1.54, 1.807) is 0 Å². The van der Waals surface area contributed by atoms with Gasteiger partial charge >= 0.3 is 5.97 Å². The van der Waals surface area contributed by atoms with Crippen molar-refractivity contribution < 1.29 is 27.5 Å². The third kappa shape index (κ3) is 5.31. The lowest BCUT2D eigenvalue weighted by Gasteiger charge is -2.14. The number of halogens is 2. The number of carbonyl (C=O) groups excluding carboxylic acids is 1. The Balaban J connectivity index is 2.93. The number of carboxylic acid groups (broad SMARTS) is 1. The number of nitrogens with one attached hydrogen (secondary N) is 1. The molecule has 9 heteroatoms. The van der Waals surface area contributed by atoms with Crippen LogP contribution in [0.5, 0.6) is 0 Å². The van der Waals surface area contributed by atoms with Gasteiger partial charge in [-0.25, -0.2) is 17.6 Å². The molecule has 116 valence electrons. The lowest BCUT2D eigenvalue weighted by atomic mass is 10.2. The number of carboxylic acids is 1. The Morgan fingerprint density at radius 1 is 1.43 bits per heavy atom. The van der Waals surface area contributed by atoms with Crippen molar-refractivity contribution in [1.82, 2.24) is 5.32 Å². The van der Waals surface area contributed by atoms with Gasteiger partial charge in [0, 0.05) is 6.92 Å². The average molecular weight is 338 g/mol. The number of carbonyl (C=O) groups is 2. The molecular formula is C12H13ClFNO5S. The summed E-state index contributed by atoms with van der Waals surface area (Å²) in [4.78, 5) is 21.8. The molecule has 0 heterocycles. The van der Waals surface area contributed by atoms with Gasteiger partial charge in [-0.05, 0) is 11.6 Å². The summed E-state index contributed by atoms with van der Waals surface area (Å²) in [6.45, 7) is 1.08. The van der Waals surface area contributed by atoms with Gasteiger partial charge in [-0.2, -0.15) is 0 Å². The number of hydrogen-bond donors (Lipinski definition) is 2. The van der Waals surface area contributed by atoms with Crippen LogP contribution in [0.1, 0.15) is 12.5 Å². The molecule has 0 spiro atoms. The summed E-state index contributed by atoms with van der Waals surface area (Å²) in [5, 5.41) is 10.6. The third-order valence-corrected chi connectivity index (χ3v) is 4.52. The standard InChI is InChI=1S/C12H13ClFNO5S/c1-7(16)15-10(12(17)18)6-21(19,20)5-8-3-2-4-9(14)11(8)13/h2-4,10H,5-6H2,1H3,(H,15,16)(H,17,18)/t10-/m0/s1. The molecule has 0 aliphatic heterocycles. The zero-order valence-electron chi connectivity index (χ0n) is 11.0. The lowest BCUT2D eigenvalue weighted by molar-refractivity contribution is -0.140. The first kappa shape index (κ1) is 17.4. The third-order valence-electron chi connectivity index (χ3n) is 2.50. The Morgan fingerprint density at radius 3 is 2.57 bits per heavy atom. The first-order valence-corrected chi connectivity index (χ1v) is 7.95. The number of hydrogen-bond acceptors (Lipinski definition) is 4. The number of benzene rings is 1. The van der Waals surface area contributed by atoms with E-state index < -0.39 is 45.1 Å². The number of amides is 1. The Morgan fingerprint density at radius 2 is 2.05 bits per heavy atom. The number of sulfone groups is 1.